The van der Waals surface area contributed by atoms with Gasteiger partial charge in [-0.3, -0.25) is 4.79 Å². The molecule has 0 saturated heterocycles. The third kappa shape index (κ3) is 2.21. The SMILES string of the molecule is O=c1ccn2c3c(c4ccccc4c2n1)CCCCCCC3. The number of pyridine rings is 1. The molecule has 3 aromatic rings. The number of nitrogens with zero attached hydrogens (tertiary/aromatic N) is 2. The smallest absolute Gasteiger partial charge is 0.273 e. The zero-order chi connectivity index (χ0) is 14.9. The summed E-state index contributed by atoms with van der Waals surface area (Å²) in [6, 6.07) is 9.97. The fourth-order valence-electron chi connectivity index (χ4n) is 3.73. The van der Waals surface area contributed by atoms with Gasteiger partial charge in [-0.1, -0.05) is 43.5 Å². The third-order valence-electron chi connectivity index (χ3n) is 4.78. The van der Waals surface area contributed by atoms with Crippen LogP contribution in [0, 0.1) is 0 Å². The Morgan fingerprint density at radius 1 is 0.864 bits per heavy atom. The summed E-state index contributed by atoms with van der Waals surface area (Å²) in [5.74, 6) is 0. The maximum absolute atomic E-state index is 11.7. The summed E-state index contributed by atoms with van der Waals surface area (Å²) in [6.45, 7) is 0. The Bertz CT molecular complexity index is 895. The van der Waals surface area contributed by atoms with E-state index in [1.807, 2.05) is 12.3 Å². The zero-order valence-corrected chi connectivity index (χ0v) is 12.7. The lowest BCUT2D eigenvalue weighted by Crippen LogP contribution is -2.12. The van der Waals surface area contributed by atoms with Crippen LogP contribution in [0.25, 0.3) is 16.4 Å². The molecule has 0 N–H and O–H groups in total. The summed E-state index contributed by atoms with van der Waals surface area (Å²) < 4.78 is 2.16. The van der Waals surface area contributed by atoms with Crippen molar-refractivity contribution in [2.75, 3.05) is 0 Å². The summed E-state index contributed by atoms with van der Waals surface area (Å²) >= 11 is 0. The second-order valence-corrected chi connectivity index (χ2v) is 6.20. The summed E-state index contributed by atoms with van der Waals surface area (Å²) in [6.07, 6.45) is 10.5. The first-order chi connectivity index (χ1) is 10.8. The molecule has 1 aliphatic carbocycles. The normalized spacial score (nSPS) is 16.0. The Hall–Kier alpha value is -2.16. The highest BCUT2D eigenvalue weighted by Gasteiger charge is 2.15. The fourth-order valence-corrected chi connectivity index (χ4v) is 3.73. The molecule has 0 aliphatic heterocycles. The second kappa shape index (κ2) is 5.56. The summed E-state index contributed by atoms with van der Waals surface area (Å²) in [5, 5.41) is 2.37. The van der Waals surface area contributed by atoms with Crippen molar-refractivity contribution < 1.29 is 0 Å². The van der Waals surface area contributed by atoms with Gasteiger partial charge in [0.25, 0.3) is 5.56 Å². The molecule has 0 amide bonds. The van der Waals surface area contributed by atoms with Gasteiger partial charge in [0.1, 0.15) is 5.65 Å². The van der Waals surface area contributed by atoms with Gasteiger partial charge in [0.15, 0.2) is 0 Å². The van der Waals surface area contributed by atoms with Gasteiger partial charge in [-0.15, -0.1) is 0 Å². The van der Waals surface area contributed by atoms with Crippen molar-refractivity contribution in [1.29, 1.82) is 0 Å². The molecule has 0 spiro atoms. The molecule has 0 radical (unpaired) electrons. The number of hydrogen-bond acceptors (Lipinski definition) is 2. The first-order valence-corrected chi connectivity index (χ1v) is 8.26. The number of aryl methyl sites for hydroxylation is 2. The van der Waals surface area contributed by atoms with Gasteiger partial charge in [0, 0.05) is 23.3 Å². The molecule has 0 saturated carbocycles. The molecule has 0 bridgehead atoms. The van der Waals surface area contributed by atoms with E-state index < -0.39 is 0 Å². The van der Waals surface area contributed by atoms with Crippen molar-refractivity contribution >= 4 is 16.4 Å². The highest BCUT2D eigenvalue weighted by Crippen LogP contribution is 2.29. The Kier molecular flexibility index (Phi) is 3.41. The van der Waals surface area contributed by atoms with Gasteiger partial charge in [-0.25, -0.2) is 0 Å². The van der Waals surface area contributed by atoms with Crippen LogP contribution in [0.5, 0.6) is 0 Å². The van der Waals surface area contributed by atoms with E-state index in [9.17, 15) is 4.79 Å². The molecular weight excluding hydrogens is 272 g/mol. The summed E-state index contributed by atoms with van der Waals surface area (Å²) in [7, 11) is 0. The van der Waals surface area contributed by atoms with Crippen molar-refractivity contribution in [2.24, 2.45) is 0 Å². The average molecular weight is 292 g/mol. The lowest BCUT2D eigenvalue weighted by atomic mass is 9.97. The summed E-state index contributed by atoms with van der Waals surface area (Å²) in [5.41, 5.74) is 3.45. The van der Waals surface area contributed by atoms with Crippen molar-refractivity contribution in [1.82, 2.24) is 9.38 Å². The second-order valence-electron chi connectivity index (χ2n) is 6.20. The zero-order valence-electron chi connectivity index (χ0n) is 12.7. The maximum atomic E-state index is 11.7. The standard InChI is InChI=1S/C19H20N2O/c22-18-12-13-21-17-11-5-3-1-2-4-9-15(17)14-8-6-7-10-16(14)19(21)20-18/h6-8,10,12-13H,1-5,9,11H2. The van der Waals surface area contributed by atoms with E-state index in [-0.39, 0.29) is 5.56 Å². The van der Waals surface area contributed by atoms with Gasteiger partial charge in [-0.2, -0.15) is 4.98 Å². The lowest BCUT2D eigenvalue weighted by Gasteiger charge is -2.17. The molecule has 2 aromatic heterocycles. The molecule has 0 fully saturated rings. The minimum atomic E-state index is -0.159. The van der Waals surface area contributed by atoms with Crippen LogP contribution in [-0.2, 0) is 12.8 Å². The van der Waals surface area contributed by atoms with Crippen molar-refractivity contribution in [3.8, 4) is 0 Å². The van der Waals surface area contributed by atoms with Gasteiger partial charge in [0.2, 0.25) is 0 Å². The minimum absolute atomic E-state index is 0.159. The van der Waals surface area contributed by atoms with E-state index in [2.05, 4.69) is 27.6 Å². The maximum Gasteiger partial charge on any atom is 0.273 e. The molecule has 112 valence electrons. The van der Waals surface area contributed by atoms with E-state index in [4.69, 9.17) is 0 Å². The molecule has 0 atom stereocenters. The molecule has 2 heterocycles. The quantitative estimate of drug-likeness (QED) is 0.589. The molecule has 3 heteroatoms. The third-order valence-corrected chi connectivity index (χ3v) is 4.78. The van der Waals surface area contributed by atoms with Crippen molar-refractivity contribution in [3.63, 3.8) is 0 Å². The molecule has 3 nitrogen and oxygen atoms in total. The summed E-state index contributed by atoms with van der Waals surface area (Å²) in [4.78, 5) is 16.0. The number of hydrogen-bond donors (Lipinski definition) is 0. The Labute approximate surface area is 129 Å². The van der Waals surface area contributed by atoms with Crippen LogP contribution in [0.15, 0.2) is 41.3 Å². The first-order valence-electron chi connectivity index (χ1n) is 8.26. The molecule has 0 unspecified atom stereocenters. The number of rotatable bonds is 0. The molecule has 1 aliphatic rings. The molecule has 4 rings (SSSR count). The predicted octanol–water partition coefficient (Wildman–Crippen LogP) is 3.90. The first kappa shape index (κ1) is 13.5. The van der Waals surface area contributed by atoms with Crippen LogP contribution in [0.1, 0.15) is 43.4 Å². The molecule has 22 heavy (non-hydrogen) atoms. The van der Waals surface area contributed by atoms with Gasteiger partial charge in [0.05, 0.1) is 0 Å². The minimum Gasteiger partial charge on any atom is -0.305 e. The van der Waals surface area contributed by atoms with Crippen LogP contribution in [0.3, 0.4) is 0 Å². The van der Waals surface area contributed by atoms with Crippen LogP contribution >= 0.6 is 0 Å². The van der Waals surface area contributed by atoms with E-state index in [0.29, 0.717) is 0 Å². The van der Waals surface area contributed by atoms with Crippen molar-refractivity contribution in [2.45, 2.75) is 44.9 Å². The highest BCUT2D eigenvalue weighted by atomic mass is 16.1. The van der Waals surface area contributed by atoms with Crippen molar-refractivity contribution in [3.05, 3.63) is 58.1 Å². The Morgan fingerprint density at radius 3 is 2.45 bits per heavy atom. The van der Waals surface area contributed by atoms with Crippen LogP contribution in [0.2, 0.25) is 0 Å². The van der Waals surface area contributed by atoms with Gasteiger partial charge in [-0.05, 0) is 36.6 Å². The van der Waals surface area contributed by atoms with Crippen LogP contribution in [0.4, 0.5) is 0 Å². The lowest BCUT2D eigenvalue weighted by molar-refractivity contribution is 0.627. The number of aromatic nitrogens is 2. The van der Waals surface area contributed by atoms with Crippen LogP contribution < -0.4 is 5.56 Å². The Morgan fingerprint density at radius 2 is 1.59 bits per heavy atom. The molecular formula is C19H20N2O. The van der Waals surface area contributed by atoms with E-state index in [1.54, 1.807) is 6.07 Å². The van der Waals surface area contributed by atoms with E-state index >= 15 is 0 Å². The number of fused-ring (bicyclic) bond motifs is 6. The van der Waals surface area contributed by atoms with Crippen LogP contribution in [-0.4, -0.2) is 9.38 Å². The monoisotopic (exact) mass is 292 g/mol. The van der Waals surface area contributed by atoms with E-state index in [0.717, 1.165) is 23.9 Å². The highest BCUT2D eigenvalue weighted by molar-refractivity contribution is 5.96. The number of benzene rings is 1. The van der Waals surface area contributed by atoms with Gasteiger partial charge < -0.3 is 4.40 Å². The largest absolute Gasteiger partial charge is 0.305 e. The topological polar surface area (TPSA) is 34.4 Å². The average Bonchev–Trinajstić information content (AvgIpc) is 2.67. The van der Waals surface area contributed by atoms with Gasteiger partial charge >= 0.3 is 0 Å². The fraction of sp³-hybridized carbons (Fsp3) is 0.368. The predicted molar refractivity (Wildman–Crippen MR) is 89.5 cm³/mol. The molecule has 1 aromatic carbocycles. The van der Waals surface area contributed by atoms with E-state index in [1.165, 1.54) is 48.7 Å². The Balaban J connectivity index is 2.12.